The van der Waals surface area contributed by atoms with E-state index >= 15 is 0 Å². The molecule has 0 fully saturated rings. The summed E-state index contributed by atoms with van der Waals surface area (Å²) in [5.41, 5.74) is -0.0676. The third kappa shape index (κ3) is 2.63. The van der Waals surface area contributed by atoms with Gasteiger partial charge in [0.2, 0.25) is 0 Å². The van der Waals surface area contributed by atoms with E-state index in [0.717, 1.165) is 5.56 Å². The van der Waals surface area contributed by atoms with Gasteiger partial charge in [0.25, 0.3) is 0 Å². The second kappa shape index (κ2) is 4.70. The Labute approximate surface area is 111 Å². The molecule has 1 aromatic heterocycles. The SMILES string of the molecule is Cc1cscc1-c1ccc(C(=O)O)cc1C(F)(F)F. The summed E-state index contributed by atoms with van der Waals surface area (Å²) in [7, 11) is 0. The van der Waals surface area contributed by atoms with Gasteiger partial charge in [0.15, 0.2) is 0 Å². The Bertz CT molecular complexity index is 629. The van der Waals surface area contributed by atoms with Crippen LogP contribution in [0.15, 0.2) is 29.0 Å². The molecule has 19 heavy (non-hydrogen) atoms. The van der Waals surface area contributed by atoms with Crippen molar-refractivity contribution in [1.29, 1.82) is 0 Å². The maximum absolute atomic E-state index is 13.0. The van der Waals surface area contributed by atoms with Crippen LogP contribution in [0.25, 0.3) is 11.1 Å². The van der Waals surface area contributed by atoms with E-state index in [9.17, 15) is 18.0 Å². The highest BCUT2D eigenvalue weighted by Crippen LogP contribution is 2.39. The van der Waals surface area contributed by atoms with Crippen LogP contribution in [0.5, 0.6) is 0 Å². The predicted molar refractivity (Wildman–Crippen MR) is 66.5 cm³/mol. The lowest BCUT2D eigenvalue weighted by atomic mass is 9.97. The summed E-state index contributed by atoms with van der Waals surface area (Å²) < 4.78 is 39.1. The first-order chi connectivity index (χ1) is 8.80. The van der Waals surface area contributed by atoms with Gasteiger partial charge in [0.1, 0.15) is 0 Å². The second-order valence-electron chi connectivity index (χ2n) is 4.03. The van der Waals surface area contributed by atoms with E-state index in [4.69, 9.17) is 5.11 Å². The summed E-state index contributed by atoms with van der Waals surface area (Å²) in [6, 6.07) is 3.07. The molecule has 100 valence electrons. The van der Waals surface area contributed by atoms with Crippen molar-refractivity contribution < 1.29 is 23.1 Å². The quantitative estimate of drug-likeness (QED) is 0.886. The molecule has 0 unspecified atom stereocenters. The van der Waals surface area contributed by atoms with Crippen LogP contribution in [0, 0.1) is 6.92 Å². The van der Waals surface area contributed by atoms with Gasteiger partial charge >= 0.3 is 12.1 Å². The normalized spacial score (nSPS) is 11.6. The zero-order valence-electron chi connectivity index (χ0n) is 9.78. The first kappa shape index (κ1) is 13.6. The minimum absolute atomic E-state index is 0.0104. The zero-order valence-corrected chi connectivity index (χ0v) is 10.6. The number of hydrogen-bond acceptors (Lipinski definition) is 2. The highest BCUT2D eigenvalue weighted by atomic mass is 32.1. The minimum Gasteiger partial charge on any atom is -0.478 e. The van der Waals surface area contributed by atoms with E-state index in [1.807, 2.05) is 0 Å². The molecule has 1 aromatic carbocycles. The molecule has 0 saturated carbocycles. The molecule has 2 aromatic rings. The lowest BCUT2D eigenvalue weighted by molar-refractivity contribution is -0.137. The number of rotatable bonds is 2. The van der Waals surface area contributed by atoms with Gasteiger partial charge in [-0.25, -0.2) is 4.79 Å². The van der Waals surface area contributed by atoms with Crippen LogP contribution in [0.1, 0.15) is 21.5 Å². The summed E-state index contributed by atoms with van der Waals surface area (Å²) in [6.45, 7) is 1.72. The van der Waals surface area contributed by atoms with Gasteiger partial charge < -0.3 is 5.11 Å². The molecule has 1 heterocycles. The molecule has 0 atom stereocenters. The lowest BCUT2D eigenvalue weighted by Crippen LogP contribution is -2.09. The van der Waals surface area contributed by atoms with Crippen LogP contribution < -0.4 is 0 Å². The molecule has 1 N–H and O–H groups in total. The maximum atomic E-state index is 13.0. The number of carboxylic acid groups (broad SMARTS) is 1. The first-order valence-electron chi connectivity index (χ1n) is 5.28. The van der Waals surface area contributed by atoms with Gasteiger partial charge in [-0.1, -0.05) is 6.07 Å². The summed E-state index contributed by atoms with van der Waals surface area (Å²) in [4.78, 5) is 10.8. The van der Waals surface area contributed by atoms with Crippen LogP contribution in [0.2, 0.25) is 0 Å². The van der Waals surface area contributed by atoms with E-state index < -0.39 is 17.7 Å². The Morgan fingerprint density at radius 1 is 1.21 bits per heavy atom. The first-order valence-corrected chi connectivity index (χ1v) is 6.22. The van der Waals surface area contributed by atoms with E-state index in [-0.39, 0.29) is 11.1 Å². The Balaban J connectivity index is 2.68. The van der Waals surface area contributed by atoms with Crippen LogP contribution in [-0.4, -0.2) is 11.1 Å². The number of alkyl halides is 3. The third-order valence-electron chi connectivity index (χ3n) is 2.72. The maximum Gasteiger partial charge on any atom is 0.417 e. The van der Waals surface area contributed by atoms with Gasteiger partial charge in [-0.3, -0.25) is 0 Å². The number of aromatic carboxylic acids is 1. The van der Waals surface area contributed by atoms with Crippen molar-refractivity contribution in [1.82, 2.24) is 0 Å². The summed E-state index contributed by atoms with van der Waals surface area (Å²) in [5, 5.41) is 12.2. The largest absolute Gasteiger partial charge is 0.478 e. The van der Waals surface area contributed by atoms with Gasteiger partial charge in [0.05, 0.1) is 11.1 Å². The van der Waals surface area contributed by atoms with E-state index in [2.05, 4.69) is 0 Å². The molecule has 0 aliphatic rings. The molecule has 6 heteroatoms. The van der Waals surface area contributed by atoms with Gasteiger partial charge in [-0.05, 0) is 46.5 Å². The van der Waals surface area contributed by atoms with Gasteiger partial charge in [-0.2, -0.15) is 24.5 Å². The zero-order chi connectivity index (χ0) is 14.2. The number of carboxylic acids is 1. The molecule has 0 amide bonds. The second-order valence-corrected chi connectivity index (χ2v) is 4.78. The van der Waals surface area contributed by atoms with E-state index in [0.29, 0.717) is 11.6 Å². The summed E-state index contributed by atoms with van der Waals surface area (Å²) >= 11 is 1.31. The smallest absolute Gasteiger partial charge is 0.417 e. The molecule has 2 nitrogen and oxygen atoms in total. The van der Waals surface area contributed by atoms with Crippen molar-refractivity contribution in [3.8, 4) is 11.1 Å². The highest BCUT2D eigenvalue weighted by molar-refractivity contribution is 7.08. The van der Waals surface area contributed by atoms with Crippen LogP contribution in [0.3, 0.4) is 0 Å². The topological polar surface area (TPSA) is 37.3 Å². The van der Waals surface area contributed by atoms with Gasteiger partial charge in [0, 0.05) is 0 Å². The van der Waals surface area contributed by atoms with Crippen molar-refractivity contribution in [2.24, 2.45) is 0 Å². The van der Waals surface area contributed by atoms with Crippen molar-refractivity contribution in [2.45, 2.75) is 13.1 Å². The standard InChI is InChI=1S/C13H9F3O2S/c1-7-5-19-6-10(7)9-3-2-8(12(17)18)4-11(9)13(14,15)16/h2-6H,1H3,(H,17,18). The van der Waals surface area contributed by atoms with Crippen molar-refractivity contribution in [2.75, 3.05) is 0 Å². The lowest BCUT2D eigenvalue weighted by Gasteiger charge is -2.13. The van der Waals surface area contributed by atoms with Crippen molar-refractivity contribution in [3.63, 3.8) is 0 Å². The number of thiophene rings is 1. The van der Waals surface area contributed by atoms with E-state index in [1.165, 1.54) is 23.5 Å². The van der Waals surface area contributed by atoms with Crippen LogP contribution >= 0.6 is 11.3 Å². The summed E-state index contributed by atoms with van der Waals surface area (Å²) in [6.07, 6.45) is -4.59. The molecule has 0 radical (unpaired) electrons. The fourth-order valence-electron chi connectivity index (χ4n) is 1.78. The number of aryl methyl sites for hydroxylation is 1. The number of halogens is 3. The number of carbonyl (C=O) groups is 1. The molecule has 0 spiro atoms. The average Bonchev–Trinajstić information content (AvgIpc) is 2.73. The van der Waals surface area contributed by atoms with Gasteiger partial charge in [-0.15, -0.1) is 0 Å². The average molecular weight is 286 g/mol. The fourth-order valence-corrected chi connectivity index (χ4v) is 2.63. The summed E-state index contributed by atoms with van der Waals surface area (Å²) in [5.74, 6) is -1.38. The molecule has 0 saturated heterocycles. The number of benzene rings is 1. The van der Waals surface area contributed by atoms with E-state index in [1.54, 1.807) is 17.7 Å². The van der Waals surface area contributed by atoms with Crippen molar-refractivity contribution in [3.05, 3.63) is 45.6 Å². The number of hydrogen-bond donors (Lipinski definition) is 1. The fraction of sp³-hybridized carbons (Fsp3) is 0.154. The third-order valence-corrected chi connectivity index (χ3v) is 3.58. The Kier molecular flexibility index (Phi) is 3.36. The molecular formula is C13H9F3O2S. The van der Waals surface area contributed by atoms with Crippen molar-refractivity contribution >= 4 is 17.3 Å². The molecular weight excluding hydrogens is 277 g/mol. The molecule has 0 aliphatic carbocycles. The Hall–Kier alpha value is -1.82. The Morgan fingerprint density at radius 2 is 1.89 bits per heavy atom. The van der Waals surface area contributed by atoms with Crippen LogP contribution in [-0.2, 0) is 6.18 Å². The molecule has 2 rings (SSSR count). The monoisotopic (exact) mass is 286 g/mol. The molecule has 0 bridgehead atoms. The highest BCUT2D eigenvalue weighted by Gasteiger charge is 2.34. The van der Waals surface area contributed by atoms with Crippen LogP contribution in [0.4, 0.5) is 13.2 Å². The Morgan fingerprint density at radius 3 is 2.37 bits per heavy atom. The molecule has 0 aliphatic heterocycles. The minimum atomic E-state index is -4.59. The predicted octanol–water partition coefficient (Wildman–Crippen LogP) is 4.44.